The van der Waals surface area contributed by atoms with E-state index >= 15 is 0 Å². The molecular weight excluding hydrogens is 555 g/mol. The second kappa shape index (κ2) is 15.6. The van der Waals surface area contributed by atoms with Crippen molar-refractivity contribution in [2.45, 2.75) is 19.4 Å². The number of benzene rings is 3. The van der Waals surface area contributed by atoms with Crippen molar-refractivity contribution in [3.8, 4) is 0 Å². The van der Waals surface area contributed by atoms with Crippen molar-refractivity contribution < 1.29 is 23.5 Å². The Kier molecular flexibility index (Phi) is 11.3. The van der Waals surface area contributed by atoms with Gasteiger partial charge in [0.25, 0.3) is 5.91 Å². The Bertz CT molecular complexity index is 1450. The number of carbonyl (C=O) groups is 3. The van der Waals surface area contributed by atoms with Gasteiger partial charge >= 0.3 is 0 Å². The van der Waals surface area contributed by atoms with E-state index in [1.807, 2.05) is 65.6 Å². The Balaban J connectivity index is 1.37. The maximum absolute atomic E-state index is 13.4. The molecule has 1 heterocycles. The fraction of sp³-hybridized carbons (Fsp3) is 0.250. The van der Waals surface area contributed by atoms with Crippen molar-refractivity contribution in [1.29, 1.82) is 0 Å². The van der Waals surface area contributed by atoms with Gasteiger partial charge in [-0.05, 0) is 41.8 Å². The number of halogens is 1. The van der Waals surface area contributed by atoms with Gasteiger partial charge in [-0.1, -0.05) is 60.7 Å². The molecule has 3 amide bonds. The molecule has 0 aliphatic heterocycles. The molecule has 0 bridgehead atoms. The Morgan fingerprint density at radius 2 is 1.55 bits per heavy atom. The molecule has 0 saturated heterocycles. The Morgan fingerprint density at radius 3 is 2.21 bits per heavy atom. The van der Waals surface area contributed by atoms with E-state index in [2.05, 4.69) is 10.3 Å². The summed E-state index contributed by atoms with van der Waals surface area (Å²) in [7, 11) is 1.50. The summed E-state index contributed by atoms with van der Waals surface area (Å²) >= 11 is 1.21. The maximum Gasteiger partial charge on any atom is 0.254 e. The average Bonchev–Trinajstić information content (AvgIpc) is 3.44. The number of hydrogen-bond donors (Lipinski definition) is 1. The zero-order valence-electron chi connectivity index (χ0n) is 23.4. The van der Waals surface area contributed by atoms with Gasteiger partial charge in [0.1, 0.15) is 12.4 Å². The average molecular weight is 589 g/mol. The van der Waals surface area contributed by atoms with Crippen LogP contribution in [0.3, 0.4) is 0 Å². The van der Waals surface area contributed by atoms with Crippen LogP contribution < -0.4 is 5.32 Å². The van der Waals surface area contributed by atoms with Gasteiger partial charge < -0.3 is 19.9 Å². The van der Waals surface area contributed by atoms with Crippen molar-refractivity contribution in [3.63, 3.8) is 0 Å². The van der Waals surface area contributed by atoms with Crippen LogP contribution >= 0.6 is 11.3 Å². The predicted molar refractivity (Wildman–Crippen MR) is 161 cm³/mol. The first kappa shape index (κ1) is 30.5. The maximum atomic E-state index is 13.4. The van der Waals surface area contributed by atoms with Crippen LogP contribution in [0.15, 0.2) is 90.3 Å². The lowest BCUT2D eigenvalue weighted by Crippen LogP contribution is -2.40. The Morgan fingerprint density at radius 1 is 0.881 bits per heavy atom. The van der Waals surface area contributed by atoms with Crippen molar-refractivity contribution in [2.24, 2.45) is 0 Å². The first-order valence-electron chi connectivity index (χ1n) is 13.5. The second-order valence-electron chi connectivity index (χ2n) is 9.63. The molecule has 218 valence electrons. The van der Waals surface area contributed by atoms with Gasteiger partial charge in [0, 0.05) is 37.7 Å². The minimum atomic E-state index is -0.454. The molecule has 3 aromatic carbocycles. The molecule has 0 radical (unpaired) electrons. The van der Waals surface area contributed by atoms with Crippen LogP contribution in [0, 0.1) is 5.82 Å². The number of nitrogens with zero attached hydrogens (tertiary/aromatic N) is 3. The third kappa shape index (κ3) is 9.32. The quantitative estimate of drug-likeness (QED) is 0.228. The van der Waals surface area contributed by atoms with Crippen LogP contribution in [0.25, 0.3) is 0 Å². The van der Waals surface area contributed by atoms with E-state index in [0.29, 0.717) is 23.9 Å². The van der Waals surface area contributed by atoms with Crippen molar-refractivity contribution in [1.82, 2.24) is 14.8 Å². The van der Waals surface area contributed by atoms with Gasteiger partial charge in [-0.3, -0.25) is 14.4 Å². The van der Waals surface area contributed by atoms with Gasteiger partial charge in [-0.2, -0.15) is 0 Å². The normalized spacial score (nSPS) is 10.7. The zero-order chi connectivity index (χ0) is 29.7. The standard InChI is InChI=1S/C32H33FN4O4S/c1-41-19-18-37(31(40)26-12-14-27(33)15-13-26)22-29(38)35-32-34-28(23-42-32)20-30(39)36(21-25-10-6-3-7-11-25)17-16-24-8-4-2-5-9-24/h2-15,23H,16-22H2,1H3,(H,34,35,38). The molecule has 4 rings (SSSR count). The molecule has 0 atom stereocenters. The first-order chi connectivity index (χ1) is 20.4. The van der Waals surface area contributed by atoms with Crippen LogP contribution in [0.1, 0.15) is 27.2 Å². The van der Waals surface area contributed by atoms with Crippen LogP contribution in [-0.2, 0) is 33.7 Å². The number of carbonyl (C=O) groups excluding carboxylic acids is 3. The van der Waals surface area contributed by atoms with E-state index in [-0.39, 0.29) is 37.6 Å². The van der Waals surface area contributed by atoms with Crippen molar-refractivity contribution in [3.05, 3.63) is 119 Å². The molecule has 0 unspecified atom stereocenters. The van der Waals surface area contributed by atoms with E-state index < -0.39 is 17.6 Å². The number of thiazole rings is 1. The second-order valence-corrected chi connectivity index (χ2v) is 10.5. The minimum absolute atomic E-state index is 0.0615. The minimum Gasteiger partial charge on any atom is -0.383 e. The molecule has 4 aromatic rings. The number of anilines is 1. The number of methoxy groups -OCH3 is 1. The van der Waals surface area contributed by atoms with Gasteiger partial charge in [0.15, 0.2) is 5.13 Å². The number of rotatable bonds is 14. The SMILES string of the molecule is COCCN(CC(=O)Nc1nc(CC(=O)N(CCc2ccccc2)Cc2ccccc2)cs1)C(=O)c1ccc(F)cc1. The lowest BCUT2D eigenvalue weighted by Gasteiger charge is -2.23. The molecule has 0 aliphatic carbocycles. The highest BCUT2D eigenvalue weighted by molar-refractivity contribution is 7.13. The lowest BCUT2D eigenvalue weighted by molar-refractivity contribution is -0.131. The lowest BCUT2D eigenvalue weighted by atomic mass is 10.1. The Hall–Kier alpha value is -4.41. The van der Waals surface area contributed by atoms with Crippen molar-refractivity contribution >= 4 is 34.2 Å². The largest absolute Gasteiger partial charge is 0.383 e. The predicted octanol–water partition coefficient (Wildman–Crippen LogP) is 4.82. The van der Waals surface area contributed by atoms with Gasteiger partial charge in [-0.15, -0.1) is 11.3 Å². The van der Waals surface area contributed by atoms with E-state index in [4.69, 9.17) is 4.74 Å². The van der Waals surface area contributed by atoms with Gasteiger partial charge in [0.05, 0.1) is 18.7 Å². The van der Waals surface area contributed by atoms with Gasteiger partial charge in [-0.25, -0.2) is 9.37 Å². The molecule has 42 heavy (non-hydrogen) atoms. The van der Waals surface area contributed by atoms with E-state index in [0.717, 1.165) is 17.5 Å². The Labute approximate surface area is 248 Å². The van der Waals surface area contributed by atoms with Crippen LogP contribution in [0.2, 0.25) is 0 Å². The highest BCUT2D eigenvalue weighted by atomic mass is 32.1. The molecule has 10 heteroatoms. The summed E-state index contributed by atoms with van der Waals surface area (Å²) in [5.74, 6) is -1.37. The first-order valence-corrected chi connectivity index (χ1v) is 14.4. The molecule has 1 N–H and O–H groups in total. The summed E-state index contributed by atoms with van der Waals surface area (Å²) in [6, 6.07) is 25.0. The molecule has 0 saturated carbocycles. The number of amides is 3. The molecule has 0 aliphatic rings. The fourth-order valence-electron chi connectivity index (χ4n) is 4.28. The molecule has 0 spiro atoms. The van der Waals surface area contributed by atoms with Crippen molar-refractivity contribution in [2.75, 3.05) is 38.7 Å². The topological polar surface area (TPSA) is 91.8 Å². The van der Waals surface area contributed by atoms with Crippen LogP contribution in [0.4, 0.5) is 9.52 Å². The summed E-state index contributed by atoms with van der Waals surface area (Å²) in [5, 5.41) is 4.81. The summed E-state index contributed by atoms with van der Waals surface area (Å²) in [6.45, 7) is 1.22. The smallest absolute Gasteiger partial charge is 0.254 e. The fourth-order valence-corrected chi connectivity index (χ4v) is 5.00. The van der Waals surface area contributed by atoms with Crippen LogP contribution in [-0.4, -0.2) is 65.9 Å². The number of ether oxygens (including phenoxy) is 1. The molecule has 0 fully saturated rings. The third-order valence-corrected chi connectivity index (χ3v) is 7.30. The summed E-state index contributed by atoms with van der Waals surface area (Å²) < 4.78 is 18.4. The summed E-state index contributed by atoms with van der Waals surface area (Å²) in [6.07, 6.45) is 0.824. The number of hydrogen-bond acceptors (Lipinski definition) is 6. The monoisotopic (exact) mass is 588 g/mol. The third-order valence-electron chi connectivity index (χ3n) is 6.49. The zero-order valence-corrected chi connectivity index (χ0v) is 24.2. The van der Waals surface area contributed by atoms with E-state index in [1.54, 1.807) is 5.38 Å². The highest BCUT2D eigenvalue weighted by Gasteiger charge is 2.21. The van der Waals surface area contributed by atoms with Gasteiger partial charge in [0.2, 0.25) is 11.8 Å². The number of aromatic nitrogens is 1. The van der Waals surface area contributed by atoms with Crippen LogP contribution in [0.5, 0.6) is 0 Å². The highest BCUT2D eigenvalue weighted by Crippen LogP contribution is 2.18. The van der Waals surface area contributed by atoms with E-state index in [9.17, 15) is 18.8 Å². The summed E-state index contributed by atoms with van der Waals surface area (Å²) in [4.78, 5) is 46.7. The van der Waals surface area contributed by atoms with E-state index in [1.165, 1.54) is 47.6 Å². The molecule has 8 nitrogen and oxygen atoms in total. The molecule has 1 aromatic heterocycles. The molecular formula is C32H33FN4O4S. The number of nitrogens with one attached hydrogen (secondary N) is 1. The summed E-state index contributed by atoms with van der Waals surface area (Å²) in [5.41, 5.74) is 3.01.